The molecular formula is C11H10ClNO2. The Bertz CT molecular complexity index is 444. The molecule has 0 aliphatic carbocycles. The second-order valence-electron chi connectivity index (χ2n) is 3.81. The molecular weight excluding hydrogens is 214 g/mol. The SMILES string of the molecule is O=C1COc2ccc(Cl)c3c2N1CCC3. The molecule has 3 nitrogen and oxygen atoms in total. The Labute approximate surface area is 92.6 Å². The van der Waals surface area contributed by atoms with Crippen LogP contribution in [0.1, 0.15) is 12.0 Å². The van der Waals surface area contributed by atoms with E-state index in [2.05, 4.69) is 0 Å². The van der Waals surface area contributed by atoms with Crippen molar-refractivity contribution in [3.8, 4) is 5.75 Å². The van der Waals surface area contributed by atoms with E-state index >= 15 is 0 Å². The van der Waals surface area contributed by atoms with Crippen molar-refractivity contribution >= 4 is 23.2 Å². The van der Waals surface area contributed by atoms with Crippen LogP contribution in [0.3, 0.4) is 0 Å². The fraction of sp³-hybridized carbons (Fsp3) is 0.364. The van der Waals surface area contributed by atoms with Crippen molar-refractivity contribution in [3.05, 3.63) is 22.7 Å². The number of benzene rings is 1. The highest BCUT2D eigenvalue weighted by molar-refractivity contribution is 6.32. The lowest BCUT2D eigenvalue weighted by atomic mass is 10.00. The van der Waals surface area contributed by atoms with Gasteiger partial charge in [0.1, 0.15) is 5.75 Å². The van der Waals surface area contributed by atoms with Crippen LogP contribution in [-0.4, -0.2) is 19.1 Å². The van der Waals surface area contributed by atoms with Gasteiger partial charge in [-0.05, 0) is 30.5 Å². The minimum atomic E-state index is 0.0331. The molecule has 78 valence electrons. The van der Waals surface area contributed by atoms with E-state index in [1.807, 2.05) is 12.1 Å². The number of nitrogens with zero attached hydrogens (tertiary/aromatic N) is 1. The maximum Gasteiger partial charge on any atom is 0.265 e. The fourth-order valence-corrected chi connectivity index (χ4v) is 2.48. The molecule has 2 aliphatic heterocycles. The molecule has 4 heteroatoms. The van der Waals surface area contributed by atoms with E-state index in [0.717, 1.165) is 41.4 Å². The average molecular weight is 224 g/mol. The van der Waals surface area contributed by atoms with Gasteiger partial charge in [-0.15, -0.1) is 0 Å². The highest BCUT2D eigenvalue weighted by Crippen LogP contribution is 2.42. The monoisotopic (exact) mass is 223 g/mol. The van der Waals surface area contributed by atoms with E-state index in [4.69, 9.17) is 16.3 Å². The predicted molar refractivity (Wildman–Crippen MR) is 57.6 cm³/mol. The van der Waals surface area contributed by atoms with Gasteiger partial charge in [-0.3, -0.25) is 4.79 Å². The van der Waals surface area contributed by atoms with Crippen molar-refractivity contribution < 1.29 is 9.53 Å². The van der Waals surface area contributed by atoms with Crippen LogP contribution in [0.4, 0.5) is 5.69 Å². The molecule has 0 unspecified atom stereocenters. The second-order valence-corrected chi connectivity index (χ2v) is 4.22. The third kappa shape index (κ3) is 1.23. The topological polar surface area (TPSA) is 29.5 Å². The molecule has 2 heterocycles. The number of halogens is 1. The molecule has 0 fully saturated rings. The van der Waals surface area contributed by atoms with Crippen LogP contribution in [0.15, 0.2) is 12.1 Å². The molecule has 1 aromatic rings. The Morgan fingerprint density at radius 1 is 1.40 bits per heavy atom. The van der Waals surface area contributed by atoms with Gasteiger partial charge in [-0.2, -0.15) is 0 Å². The van der Waals surface area contributed by atoms with Crippen LogP contribution >= 0.6 is 11.6 Å². The number of amides is 1. The summed E-state index contributed by atoms with van der Waals surface area (Å²) in [6.45, 7) is 0.927. The van der Waals surface area contributed by atoms with Crippen LogP contribution in [0.5, 0.6) is 5.75 Å². The number of anilines is 1. The Balaban J connectivity index is 2.25. The van der Waals surface area contributed by atoms with E-state index in [9.17, 15) is 4.79 Å². The molecule has 0 aromatic heterocycles. The van der Waals surface area contributed by atoms with Gasteiger partial charge in [0.15, 0.2) is 6.61 Å². The van der Waals surface area contributed by atoms with Gasteiger partial charge in [-0.25, -0.2) is 0 Å². The second kappa shape index (κ2) is 3.14. The summed E-state index contributed by atoms with van der Waals surface area (Å²) < 4.78 is 5.39. The largest absolute Gasteiger partial charge is 0.482 e. The van der Waals surface area contributed by atoms with E-state index in [1.165, 1.54) is 0 Å². The summed E-state index contributed by atoms with van der Waals surface area (Å²) in [7, 11) is 0. The van der Waals surface area contributed by atoms with E-state index in [1.54, 1.807) is 4.90 Å². The summed E-state index contributed by atoms with van der Waals surface area (Å²) in [6.07, 6.45) is 1.90. The maximum atomic E-state index is 11.6. The van der Waals surface area contributed by atoms with Gasteiger partial charge >= 0.3 is 0 Å². The van der Waals surface area contributed by atoms with Crippen molar-refractivity contribution in [1.82, 2.24) is 0 Å². The molecule has 3 rings (SSSR count). The van der Waals surface area contributed by atoms with Crippen LogP contribution in [0.2, 0.25) is 5.02 Å². The minimum absolute atomic E-state index is 0.0331. The molecule has 0 atom stereocenters. The number of hydrogen-bond acceptors (Lipinski definition) is 2. The molecule has 0 bridgehead atoms. The third-order valence-corrected chi connectivity index (χ3v) is 3.27. The van der Waals surface area contributed by atoms with Crippen LogP contribution < -0.4 is 9.64 Å². The molecule has 0 radical (unpaired) electrons. The summed E-state index contributed by atoms with van der Waals surface area (Å²) in [4.78, 5) is 13.4. The first-order valence-corrected chi connectivity index (χ1v) is 5.40. The van der Waals surface area contributed by atoms with Crippen LogP contribution in [0, 0.1) is 0 Å². The fourth-order valence-electron chi connectivity index (χ4n) is 2.23. The normalized spacial score (nSPS) is 18.5. The number of hydrogen-bond donors (Lipinski definition) is 0. The zero-order valence-electron chi connectivity index (χ0n) is 8.12. The minimum Gasteiger partial charge on any atom is -0.482 e. The molecule has 1 aromatic carbocycles. The van der Waals surface area contributed by atoms with E-state index in [0.29, 0.717) is 0 Å². The first kappa shape index (κ1) is 9.04. The average Bonchev–Trinajstić information content (AvgIpc) is 2.27. The van der Waals surface area contributed by atoms with Gasteiger partial charge < -0.3 is 9.64 Å². The lowest BCUT2D eigenvalue weighted by Gasteiger charge is -2.35. The highest BCUT2D eigenvalue weighted by atomic mass is 35.5. The summed E-state index contributed by atoms with van der Waals surface area (Å²) in [5.74, 6) is 0.819. The Morgan fingerprint density at radius 2 is 2.27 bits per heavy atom. The quantitative estimate of drug-likeness (QED) is 0.674. The first-order chi connectivity index (χ1) is 7.27. The van der Waals surface area contributed by atoms with Crippen molar-refractivity contribution in [2.24, 2.45) is 0 Å². The number of carbonyl (C=O) groups excluding carboxylic acids is 1. The van der Waals surface area contributed by atoms with Gasteiger partial charge in [0.25, 0.3) is 5.91 Å². The van der Waals surface area contributed by atoms with Crippen molar-refractivity contribution in [3.63, 3.8) is 0 Å². The third-order valence-electron chi connectivity index (χ3n) is 2.92. The lowest BCUT2D eigenvalue weighted by molar-refractivity contribution is -0.121. The van der Waals surface area contributed by atoms with Gasteiger partial charge in [0, 0.05) is 11.6 Å². The zero-order valence-corrected chi connectivity index (χ0v) is 8.88. The van der Waals surface area contributed by atoms with Gasteiger partial charge in [0.05, 0.1) is 5.69 Å². The summed E-state index contributed by atoms with van der Waals surface area (Å²) in [5.41, 5.74) is 1.94. The summed E-state index contributed by atoms with van der Waals surface area (Å²) in [5, 5.41) is 0.733. The molecule has 0 saturated heterocycles. The standard InChI is InChI=1S/C11H10ClNO2/c12-8-3-4-9-11-7(8)2-1-5-13(11)10(14)6-15-9/h3-4H,1-2,5-6H2. The van der Waals surface area contributed by atoms with Crippen LogP contribution in [-0.2, 0) is 11.2 Å². The van der Waals surface area contributed by atoms with Gasteiger partial charge in [-0.1, -0.05) is 11.6 Å². The Morgan fingerprint density at radius 3 is 3.13 bits per heavy atom. The van der Waals surface area contributed by atoms with Crippen molar-refractivity contribution in [2.45, 2.75) is 12.8 Å². The first-order valence-electron chi connectivity index (χ1n) is 5.02. The number of ether oxygens (including phenoxy) is 1. The number of rotatable bonds is 0. The lowest BCUT2D eigenvalue weighted by Crippen LogP contribution is -2.42. The molecule has 0 N–H and O–H groups in total. The van der Waals surface area contributed by atoms with E-state index in [-0.39, 0.29) is 12.5 Å². The van der Waals surface area contributed by atoms with Crippen molar-refractivity contribution in [2.75, 3.05) is 18.1 Å². The smallest absolute Gasteiger partial charge is 0.265 e. The van der Waals surface area contributed by atoms with E-state index < -0.39 is 0 Å². The number of carbonyl (C=O) groups is 1. The molecule has 0 saturated carbocycles. The molecule has 2 aliphatic rings. The maximum absolute atomic E-state index is 11.6. The van der Waals surface area contributed by atoms with Gasteiger partial charge in [0.2, 0.25) is 0 Å². The zero-order chi connectivity index (χ0) is 10.4. The summed E-state index contributed by atoms with van der Waals surface area (Å²) in [6, 6.07) is 3.68. The molecule has 1 amide bonds. The van der Waals surface area contributed by atoms with Crippen LogP contribution in [0.25, 0.3) is 0 Å². The summed E-state index contributed by atoms with van der Waals surface area (Å²) >= 11 is 6.11. The molecule has 15 heavy (non-hydrogen) atoms. The molecule has 0 spiro atoms. The Hall–Kier alpha value is -1.22. The Kier molecular flexibility index (Phi) is 1.89. The highest BCUT2D eigenvalue weighted by Gasteiger charge is 2.31. The predicted octanol–water partition coefficient (Wildman–Crippen LogP) is 2.01. The van der Waals surface area contributed by atoms with Crippen molar-refractivity contribution in [1.29, 1.82) is 0 Å².